The van der Waals surface area contributed by atoms with Gasteiger partial charge in [0.25, 0.3) is 0 Å². The molecular weight excluding hydrogens is 342 g/mol. The molecule has 6 nitrogen and oxygen atoms in total. The molecule has 1 aromatic heterocycles. The van der Waals surface area contributed by atoms with Crippen molar-refractivity contribution < 1.29 is 14.2 Å². The Kier molecular flexibility index (Phi) is 4.77. The summed E-state index contributed by atoms with van der Waals surface area (Å²) in [6.45, 7) is 1.29. The van der Waals surface area contributed by atoms with Crippen LogP contribution in [0.5, 0.6) is 11.5 Å². The summed E-state index contributed by atoms with van der Waals surface area (Å²) in [6, 6.07) is 11.4. The molecule has 1 aliphatic heterocycles. The van der Waals surface area contributed by atoms with Crippen LogP contribution in [-0.4, -0.2) is 36.4 Å². The number of rotatable bonds is 5. The molecule has 0 spiro atoms. The first-order chi connectivity index (χ1) is 13.3. The number of nitrogens with zero attached hydrogens (tertiary/aromatic N) is 2. The van der Waals surface area contributed by atoms with Gasteiger partial charge in [0.2, 0.25) is 0 Å². The van der Waals surface area contributed by atoms with E-state index in [-0.39, 0.29) is 6.10 Å². The third-order valence-electron chi connectivity index (χ3n) is 4.39. The highest BCUT2D eigenvalue weighted by atomic mass is 16.6. The number of anilines is 2. The van der Waals surface area contributed by atoms with Crippen molar-refractivity contribution in [2.75, 3.05) is 25.6 Å². The Morgan fingerprint density at radius 3 is 2.93 bits per heavy atom. The van der Waals surface area contributed by atoms with Crippen LogP contribution in [0.15, 0.2) is 42.7 Å². The molecule has 1 saturated heterocycles. The van der Waals surface area contributed by atoms with Gasteiger partial charge in [-0.15, -0.1) is 6.42 Å². The molecule has 6 heteroatoms. The van der Waals surface area contributed by atoms with E-state index < -0.39 is 0 Å². The van der Waals surface area contributed by atoms with E-state index in [1.165, 1.54) is 6.33 Å². The lowest BCUT2D eigenvalue weighted by molar-refractivity contribution is 0.139. The van der Waals surface area contributed by atoms with E-state index in [4.69, 9.17) is 20.6 Å². The lowest BCUT2D eigenvalue weighted by Crippen LogP contribution is -2.16. The van der Waals surface area contributed by atoms with Crippen molar-refractivity contribution in [1.82, 2.24) is 9.97 Å². The Morgan fingerprint density at radius 2 is 2.15 bits per heavy atom. The fourth-order valence-corrected chi connectivity index (χ4v) is 3.02. The average Bonchev–Trinajstić information content (AvgIpc) is 3.21. The summed E-state index contributed by atoms with van der Waals surface area (Å²) in [6.07, 6.45) is 7.88. The molecule has 0 radical (unpaired) electrons. The predicted octanol–water partition coefficient (Wildman–Crippen LogP) is 3.53. The van der Waals surface area contributed by atoms with Gasteiger partial charge in [-0.3, -0.25) is 0 Å². The maximum Gasteiger partial charge on any atom is 0.162 e. The van der Waals surface area contributed by atoms with Crippen LogP contribution in [0.25, 0.3) is 10.9 Å². The van der Waals surface area contributed by atoms with Crippen molar-refractivity contribution in [3.05, 3.63) is 48.3 Å². The zero-order valence-electron chi connectivity index (χ0n) is 14.9. The number of hydrogen-bond acceptors (Lipinski definition) is 6. The van der Waals surface area contributed by atoms with Crippen molar-refractivity contribution in [2.45, 2.75) is 12.5 Å². The van der Waals surface area contributed by atoms with E-state index in [0.717, 1.165) is 28.6 Å². The third-order valence-corrected chi connectivity index (χ3v) is 4.39. The number of ether oxygens (including phenoxy) is 3. The normalized spacial score (nSPS) is 16.1. The quantitative estimate of drug-likeness (QED) is 0.702. The second-order valence-electron chi connectivity index (χ2n) is 6.20. The van der Waals surface area contributed by atoms with Gasteiger partial charge in [-0.25, -0.2) is 9.97 Å². The van der Waals surface area contributed by atoms with Crippen LogP contribution in [0.1, 0.15) is 12.0 Å². The fraction of sp³-hybridized carbons (Fsp3) is 0.238. The highest BCUT2D eigenvalue weighted by molar-refractivity contribution is 5.93. The first-order valence-corrected chi connectivity index (χ1v) is 8.67. The van der Waals surface area contributed by atoms with Gasteiger partial charge in [-0.05, 0) is 24.3 Å². The summed E-state index contributed by atoms with van der Waals surface area (Å²) < 4.78 is 17.0. The van der Waals surface area contributed by atoms with E-state index in [2.05, 4.69) is 21.2 Å². The van der Waals surface area contributed by atoms with E-state index >= 15 is 0 Å². The summed E-state index contributed by atoms with van der Waals surface area (Å²) in [5.74, 6) is 4.59. The van der Waals surface area contributed by atoms with Crippen LogP contribution < -0.4 is 14.8 Å². The lowest BCUT2D eigenvalue weighted by Gasteiger charge is -2.16. The van der Waals surface area contributed by atoms with Crippen LogP contribution in [0.4, 0.5) is 11.5 Å². The Balaban J connectivity index is 1.73. The minimum Gasteiger partial charge on any atom is -0.493 e. The summed E-state index contributed by atoms with van der Waals surface area (Å²) in [7, 11) is 1.62. The summed E-state index contributed by atoms with van der Waals surface area (Å²) in [5.41, 5.74) is 2.41. The molecule has 27 heavy (non-hydrogen) atoms. The molecule has 2 heterocycles. The van der Waals surface area contributed by atoms with Crippen molar-refractivity contribution in [3.63, 3.8) is 0 Å². The molecule has 0 aliphatic carbocycles. The molecule has 0 amide bonds. The maximum absolute atomic E-state index is 6.09. The molecule has 4 rings (SSSR count). The summed E-state index contributed by atoms with van der Waals surface area (Å²) >= 11 is 0. The van der Waals surface area contributed by atoms with Gasteiger partial charge in [-0.2, -0.15) is 0 Å². The largest absolute Gasteiger partial charge is 0.493 e. The molecule has 3 aromatic rings. The molecule has 2 aromatic carbocycles. The number of terminal acetylenes is 1. The predicted molar refractivity (Wildman–Crippen MR) is 104 cm³/mol. The molecule has 1 fully saturated rings. The molecule has 1 aliphatic rings. The second kappa shape index (κ2) is 7.52. The van der Waals surface area contributed by atoms with Crippen LogP contribution in [0, 0.1) is 12.3 Å². The summed E-state index contributed by atoms with van der Waals surface area (Å²) in [4.78, 5) is 8.75. The van der Waals surface area contributed by atoms with Crippen molar-refractivity contribution in [1.29, 1.82) is 0 Å². The number of fused-ring (bicyclic) bond motifs is 1. The number of hydrogen-bond donors (Lipinski definition) is 1. The van der Waals surface area contributed by atoms with Crippen LogP contribution in [-0.2, 0) is 4.74 Å². The minimum atomic E-state index is 0.0182. The zero-order chi connectivity index (χ0) is 18.6. The molecular formula is C21H19N3O3. The first kappa shape index (κ1) is 17.1. The Morgan fingerprint density at radius 1 is 1.22 bits per heavy atom. The maximum atomic E-state index is 6.09. The smallest absolute Gasteiger partial charge is 0.162 e. The van der Waals surface area contributed by atoms with Crippen molar-refractivity contribution >= 4 is 22.4 Å². The second-order valence-corrected chi connectivity index (χ2v) is 6.20. The van der Waals surface area contributed by atoms with Crippen LogP contribution >= 0.6 is 0 Å². The highest BCUT2D eigenvalue weighted by Crippen LogP contribution is 2.36. The van der Waals surface area contributed by atoms with E-state index in [0.29, 0.717) is 30.5 Å². The van der Waals surface area contributed by atoms with Crippen molar-refractivity contribution in [3.8, 4) is 23.8 Å². The number of nitrogens with one attached hydrogen (secondary N) is 1. The van der Waals surface area contributed by atoms with Gasteiger partial charge in [0.05, 0.1) is 25.8 Å². The number of methoxy groups -OCH3 is 1. The Bertz CT molecular complexity index is 1010. The SMILES string of the molecule is C#Cc1cccc(Nc2ncnc3cc(OC)c(O[C@H]4CCOC4)cc23)c1. The molecule has 0 unspecified atom stereocenters. The lowest BCUT2D eigenvalue weighted by atomic mass is 10.1. The van der Waals surface area contributed by atoms with Gasteiger partial charge in [-0.1, -0.05) is 12.0 Å². The average molecular weight is 361 g/mol. The van der Waals surface area contributed by atoms with Crippen molar-refractivity contribution in [2.24, 2.45) is 0 Å². The molecule has 1 atom stereocenters. The van der Waals surface area contributed by atoms with Crippen LogP contribution in [0.2, 0.25) is 0 Å². The highest BCUT2D eigenvalue weighted by Gasteiger charge is 2.20. The van der Waals surface area contributed by atoms with Gasteiger partial charge >= 0.3 is 0 Å². The Labute approximate surface area is 157 Å². The number of benzene rings is 2. The van der Waals surface area contributed by atoms with E-state index in [9.17, 15) is 0 Å². The van der Waals surface area contributed by atoms with E-state index in [1.54, 1.807) is 7.11 Å². The third kappa shape index (κ3) is 3.64. The van der Waals surface area contributed by atoms with Crippen LogP contribution in [0.3, 0.4) is 0 Å². The molecule has 0 saturated carbocycles. The first-order valence-electron chi connectivity index (χ1n) is 8.67. The Hall–Kier alpha value is -3.30. The standard InChI is InChI=1S/C21H19N3O3/c1-3-14-5-4-6-15(9-14)24-21-17-10-20(27-16-7-8-26-12-16)19(25-2)11-18(17)22-13-23-21/h1,4-6,9-11,13,16H,7-8,12H2,2H3,(H,22,23,24)/t16-/m0/s1. The van der Waals surface area contributed by atoms with Gasteiger partial charge in [0.1, 0.15) is 18.2 Å². The fourth-order valence-electron chi connectivity index (χ4n) is 3.02. The van der Waals surface area contributed by atoms with Gasteiger partial charge in [0.15, 0.2) is 11.5 Å². The minimum absolute atomic E-state index is 0.0182. The monoisotopic (exact) mass is 361 g/mol. The number of aromatic nitrogens is 2. The molecule has 1 N–H and O–H groups in total. The van der Waals surface area contributed by atoms with Gasteiger partial charge < -0.3 is 19.5 Å². The molecule has 0 bridgehead atoms. The molecule has 136 valence electrons. The van der Waals surface area contributed by atoms with E-state index in [1.807, 2.05) is 36.4 Å². The summed E-state index contributed by atoms with van der Waals surface area (Å²) in [5, 5.41) is 4.14. The zero-order valence-corrected chi connectivity index (χ0v) is 14.9. The topological polar surface area (TPSA) is 65.5 Å². The van der Waals surface area contributed by atoms with Gasteiger partial charge in [0, 0.05) is 29.1 Å².